The van der Waals surface area contributed by atoms with Crippen LogP contribution in [0.3, 0.4) is 0 Å². The van der Waals surface area contributed by atoms with Crippen molar-refractivity contribution in [3.05, 3.63) is 52.4 Å². The summed E-state index contributed by atoms with van der Waals surface area (Å²) in [6.45, 7) is 11.0. The summed E-state index contributed by atoms with van der Waals surface area (Å²) in [7, 11) is 0. The number of aliphatic carboxylic acids is 1. The highest BCUT2D eigenvalue weighted by Crippen LogP contribution is 2.42. The molecule has 2 aromatic carbocycles. The summed E-state index contributed by atoms with van der Waals surface area (Å²) in [5.41, 5.74) is 0.792. The lowest BCUT2D eigenvalue weighted by Gasteiger charge is -2.45. The highest BCUT2D eigenvalue weighted by Gasteiger charge is 2.40. The second-order valence-corrected chi connectivity index (χ2v) is 11.0. The van der Waals surface area contributed by atoms with Gasteiger partial charge in [0.1, 0.15) is 34.3 Å². The van der Waals surface area contributed by atoms with Crippen LogP contribution in [0.1, 0.15) is 90.9 Å². The van der Waals surface area contributed by atoms with Crippen molar-refractivity contribution in [2.45, 2.75) is 85.1 Å². The molecule has 8 heteroatoms. The summed E-state index contributed by atoms with van der Waals surface area (Å²) in [6.07, 6.45) is 8.01. The normalized spacial score (nSPS) is 12.5. The third-order valence-electron chi connectivity index (χ3n) is 7.89. The maximum Gasteiger partial charge on any atom is 0.341 e. The van der Waals surface area contributed by atoms with Gasteiger partial charge in [-0.05, 0) is 37.0 Å². The van der Waals surface area contributed by atoms with Gasteiger partial charge in [-0.2, -0.15) is 0 Å². The number of hydrogen-bond donors (Lipinski definition) is 3. The number of carboxylic acids is 1. The standard InChI is InChI=1S/C33H45NO7/c1-5-9-17-34(18-10-6-2,19-11-7-3)26(12-8-4)33-30(23-13-15-24(35)16-14-23)32(39)31-27(36)20-25(21-28(31)41-33)40-22-29(37)38/h13-16,20-21,26H,5-12,17-19,22H2,1-4H3,(H2-,35,36,37,38,39)/p+1. The number of unbranched alkanes of at least 4 members (excludes halogenated alkanes) is 3. The molecule has 3 rings (SSSR count). The summed E-state index contributed by atoms with van der Waals surface area (Å²) < 4.78 is 12.8. The third kappa shape index (κ3) is 7.61. The van der Waals surface area contributed by atoms with Gasteiger partial charge < -0.3 is 29.0 Å². The monoisotopic (exact) mass is 568 g/mol. The van der Waals surface area contributed by atoms with E-state index in [0.717, 1.165) is 75.5 Å². The van der Waals surface area contributed by atoms with Crippen LogP contribution in [0.4, 0.5) is 0 Å². The fourth-order valence-electron chi connectivity index (χ4n) is 5.80. The molecule has 1 heterocycles. The largest absolute Gasteiger partial charge is 0.508 e. The molecule has 3 aromatic rings. The minimum absolute atomic E-state index is 0.0172. The first-order valence-corrected chi connectivity index (χ1v) is 15.0. The molecule has 1 aromatic heterocycles. The number of hydrogen-bond acceptors (Lipinski definition) is 6. The Balaban J connectivity index is 2.40. The number of rotatable bonds is 17. The Morgan fingerprint density at radius 3 is 2.00 bits per heavy atom. The number of ether oxygens (including phenoxy) is 1. The fraction of sp³-hybridized carbons (Fsp3) is 0.515. The average molecular weight is 569 g/mol. The third-order valence-corrected chi connectivity index (χ3v) is 7.89. The second kappa shape index (κ2) is 14.9. The van der Waals surface area contributed by atoms with E-state index in [-0.39, 0.29) is 39.7 Å². The van der Waals surface area contributed by atoms with E-state index >= 15 is 0 Å². The molecule has 0 spiro atoms. The van der Waals surface area contributed by atoms with Gasteiger partial charge >= 0.3 is 5.97 Å². The lowest BCUT2D eigenvalue weighted by atomic mass is 9.92. The van der Waals surface area contributed by atoms with Gasteiger partial charge in [0.05, 0.1) is 25.2 Å². The lowest BCUT2D eigenvalue weighted by molar-refractivity contribution is -0.959. The molecule has 0 saturated carbocycles. The van der Waals surface area contributed by atoms with Crippen LogP contribution in [-0.2, 0) is 4.79 Å². The molecule has 0 aliphatic heterocycles. The van der Waals surface area contributed by atoms with E-state index in [1.54, 1.807) is 24.3 Å². The number of phenols is 2. The van der Waals surface area contributed by atoms with E-state index in [1.165, 1.54) is 12.1 Å². The molecule has 3 N–H and O–H groups in total. The van der Waals surface area contributed by atoms with Gasteiger partial charge in [-0.3, -0.25) is 4.79 Å². The van der Waals surface area contributed by atoms with Crippen LogP contribution in [-0.4, -0.2) is 52.0 Å². The van der Waals surface area contributed by atoms with Crippen LogP contribution in [0.25, 0.3) is 22.1 Å². The first-order chi connectivity index (χ1) is 19.7. The molecule has 0 bridgehead atoms. The minimum Gasteiger partial charge on any atom is -0.508 e. The Morgan fingerprint density at radius 2 is 1.49 bits per heavy atom. The van der Waals surface area contributed by atoms with Crippen molar-refractivity contribution in [3.63, 3.8) is 0 Å². The highest BCUT2D eigenvalue weighted by atomic mass is 16.5. The van der Waals surface area contributed by atoms with Crippen LogP contribution in [0.5, 0.6) is 17.2 Å². The lowest BCUT2D eigenvalue weighted by Crippen LogP contribution is -2.53. The van der Waals surface area contributed by atoms with Crippen molar-refractivity contribution in [1.82, 2.24) is 0 Å². The smallest absolute Gasteiger partial charge is 0.341 e. The Hall–Kier alpha value is -3.52. The van der Waals surface area contributed by atoms with Gasteiger partial charge in [0, 0.05) is 18.6 Å². The molecule has 0 aliphatic carbocycles. The summed E-state index contributed by atoms with van der Waals surface area (Å²) in [5.74, 6) is -0.721. The maximum absolute atomic E-state index is 14.3. The second-order valence-electron chi connectivity index (χ2n) is 11.0. The molecule has 0 radical (unpaired) electrons. The number of aromatic hydroxyl groups is 2. The van der Waals surface area contributed by atoms with Crippen LogP contribution in [0.2, 0.25) is 0 Å². The summed E-state index contributed by atoms with van der Waals surface area (Å²) in [4.78, 5) is 25.4. The van der Waals surface area contributed by atoms with Crippen molar-refractivity contribution in [2.24, 2.45) is 0 Å². The predicted octanol–water partition coefficient (Wildman–Crippen LogP) is 7.39. The van der Waals surface area contributed by atoms with Gasteiger partial charge in [0.25, 0.3) is 0 Å². The summed E-state index contributed by atoms with van der Waals surface area (Å²) in [6, 6.07) is 9.14. The zero-order chi connectivity index (χ0) is 30.0. The number of carboxylic acid groups (broad SMARTS) is 1. The molecule has 8 nitrogen and oxygen atoms in total. The van der Waals surface area contributed by atoms with Gasteiger partial charge in [-0.15, -0.1) is 0 Å². The predicted molar refractivity (Wildman–Crippen MR) is 162 cm³/mol. The van der Waals surface area contributed by atoms with Crippen molar-refractivity contribution < 1.29 is 33.8 Å². The van der Waals surface area contributed by atoms with Gasteiger partial charge in [0.2, 0.25) is 5.43 Å². The first kappa shape index (κ1) is 32.0. The van der Waals surface area contributed by atoms with Crippen LogP contribution in [0, 0.1) is 0 Å². The summed E-state index contributed by atoms with van der Waals surface area (Å²) >= 11 is 0. The number of phenolic OH excluding ortho intramolecular Hbond substituents is 2. The molecular formula is C33H46NO7+. The van der Waals surface area contributed by atoms with E-state index < -0.39 is 12.6 Å². The van der Waals surface area contributed by atoms with Crippen LogP contribution in [0.15, 0.2) is 45.6 Å². The molecule has 1 unspecified atom stereocenters. The number of quaternary nitrogens is 1. The topological polar surface area (TPSA) is 117 Å². The Labute approximate surface area is 242 Å². The highest BCUT2D eigenvalue weighted by molar-refractivity contribution is 5.89. The zero-order valence-corrected chi connectivity index (χ0v) is 24.9. The van der Waals surface area contributed by atoms with Crippen molar-refractivity contribution in [2.75, 3.05) is 26.2 Å². The van der Waals surface area contributed by atoms with Crippen LogP contribution >= 0.6 is 0 Å². The first-order valence-electron chi connectivity index (χ1n) is 15.0. The Bertz CT molecular complexity index is 1320. The van der Waals surface area contributed by atoms with E-state index in [9.17, 15) is 19.8 Å². The van der Waals surface area contributed by atoms with Gasteiger partial charge in [-0.1, -0.05) is 65.5 Å². The molecular weight excluding hydrogens is 522 g/mol. The quantitative estimate of drug-likeness (QED) is 0.145. The molecule has 41 heavy (non-hydrogen) atoms. The Kier molecular flexibility index (Phi) is 11.6. The number of benzene rings is 2. The SMILES string of the molecule is CCCC[N+](CCCC)(CCCC)C(CCC)c1oc2cc(OCC(=O)O)cc(O)c2c(=O)c1-c1ccc(O)cc1. The van der Waals surface area contributed by atoms with Crippen molar-refractivity contribution >= 4 is 16.9 Å². The number of carbonyl (C=O) groups is 1. The summed E-state index contributed by atoms with van der Waals surface area (Å²) in [5, 5.41) is 30.0. The number of nitrogens with zero attached hydrogens (tertiary/aromatic N) is 1. The molecule has 1 atom stereocenters. The maximum atomic E-state index is 14.3. The average Bonchev–Trinajstić information content (AvgIpc) is 2.95. The number of fused-ring (bicyclic) bond motifs is 1. The van der Waals surface area contributed by atoms with E-state index in [2.05, 4.69) is 27.7 Å². The fourth-order valence-corrected chi connectivity index (χ4v) is 5.80. The van der Waals surface area contributed by atoms with Gasteiger partial charge in [0.15, 0.2) is 12.4 Å². The van der Waals surface area contributed by atoms with Crippen molar-refractivity contribution in [1.29, 1.82) is 0 Å². The molecule has 0 amide bonds. The zero-order valence-electron chi connectivity index (χ0n) is 24.9. The molecule has 0 aliphatic rings. The van der Waals surface area contributed by atoms with Crippen molar-refractivity contribution in [3.8, 4) is 28.4 Å². The van der Waals surface area contributed by atoms with E-state index in [4.69, 9.17) is 14.3 Å². The van der Waals surface area contributed by atoms with E-state index in [1.807, 2.05) is 0 Å². The van der Waals surface area contributed by atoms with Gasteiger partial charge in [-0.25, -0.2) is 4.79 Å². The molecule has 0 fully saturated rings. The van der Waals surface area contributed by atoms with E-state index in [0.29, 0.717) is 16.9 Å². The Morgan fingerprint density at radius 1 is 0.902 bits per heavy atom. The van der Waals surface area contributed by atoms with Crippen LogP contribution < -0.4 is 10.2 Å². The minimum atomic E-state index is -1.15. The molecule has 224 valence electrons. The molecule has 0 saturated heterocycles.